The number of halogens is 1. The van der Waals surface area contributed by atoms with Crippen LogP contribution in [0, 0.1) is 0 Å². The van der Waals surface area contributed by atoms with E-state index in [0.717, 1.165) is 39.1 Å². The number of hydrogen-bond acceptors (Lipinski definition) is 4. The third-order valence-electron chi connectivity index (χ3n) is 5.60. The Balaban J connectivity index is 1.45. The van der Waals surface area contributed by atoms with E-state index in [1.54, 1.807) is 18.1 Å². The Morgan fingerprint density at radius 2 is 1.88 bits per heavy atom. The fraction of sp³-hybridized carbons (Fsp3) is 0.115. The van der Waals surface area contributed by atoms with Gasteiger partial charge in [0.25, 0.3) is 0 Å². The third kappa shape index (κ3) is 3.95. The van der Waals surface area contributed by atoms with E-state index in [1.807, 2.05) is 72.8 Å². The Kier molecular flexibility index (Phi) is 5.33. The number of fused-ring (bicyclic) bond motifs is 1. The molecule has 1 aliphatic heterocycles. The fourth-order valence-electron chi connectivity index (χ4n) is 4.07. The van der Waals surface area contributed by atoms with Crippen LogP contribution in [-0.4, -0.2) is 21.6 Å². The number of carbonyl (C=O) groups is 1. The van der Waals surface area contributed by atoms with E-state index in [-0.39, 0.29) is 11.9 Å². The standard InChI is InChI=1S/C26H21ClN4O/c1-17(32)31-26(16-24(30-31)18-6-3-2-4-7-18)19-8-5-9-21(14-19)29-23-12-13-28-25-15-20(27)10-11-22(23)25/h2-15,26H,16H2,1H3,(H,28,29). The lowest BCUT2D eigenvalue weighted by atomic mass is 9.98. The summed E-state index contributed by atoms with van der Waals surface area (Å²) in [5.41, 5.74) is 5.69. The molecule has 1 unspecified atom stereocenters. The Morgan fingerprint density at radius 1 is 1.03 bits per heavy atom. The zero-order valence-electron chi connectivity index (χ0n) is 17.5. The molecule has 5 nitrogen and oxygen atoms in total. The SMILES string of the molecule is CC(=O)N1N=C(c2ccccc2)CC1c1cccc(Nc2ccnc3cc(Cl)ccc23)c1. The number of pyridine rings is 1. The Hall–Kier alpha value is -3.70. The summed E-state index contributed by atoms with van der Waals surface area (Å²) in [5, 5.41) is 11.4. The van der Waals surface area contributed by atoms with Crippen LogP contribution < -0.4 is 5.32 Å². The molecule has 1 aliphatic rings. The summed E-state index contributed by atoms with van der Waals surface area (Å²) < 4.78 is 0. The predicted molar refractivity (Wildman–Crippen MR) is 129 cm³/mol. The van der Waals surface area contributed by atoms with Crippen LogP contribution in [0.15, 0.2) is 90.2 Å². The molecule has 0 spiro atoms. The minimum atomic E-state index is -0.141. The number of nitrogens with one attached hydrogen (secondary N) is 1. The molecule has 1 aromatic heterocycles. The lowest BCUT2D eigenvalue weighted by Gasteiger charge is -2.21. The fourth-order valence-corrected chi connectivity index (χ4v) is 4.24. The van der Waals surface area contributed by atoms with Crippen molar-refractivity contribution in [2.45, 2.75) is 19.4 Å². The molecule has 1 atom stereocenters. The molecule has 1 amide bonds. The first kappa shape index (κ1) is 20.2. The second-order valence-corrected chi connectivity index (χ2v) is 8.20. The van der Waals surface area contributed by atoms with Gasteiger partial charge in [0.2, 0.25) is 5.91 Å². The van der Waals surface area contributed by atoms with Gasteiger partial charge in [0.05, 0.1) is 17.3 Å². The Bertz CT molecular complexity index is 1340. The molecule has 2 heterocycles. The van der Waals surface area contributed by atoms with Gasteiger partial charge in [-0.05, 0) is 47.5 Å². The van der Waals surface area contributed by atoms with Gasteiger partial charge in [-0.1, -0.05) is 54.1 Å². The van der Waals surface area contributed by atoms with Gasteiger partial charge in [-0.3, -0.25) is 9.78 Å². The topological polar surface area (TPSA) is 57.6 Å². The van der Waals surface area contributed by atoms with Crippen LogP contribution in [0.1, 0.15) is 30.5 Å². The van der Waals surface area contributed by atoms with E-state index >= 15 is 0 Å². The maximum absolute atomic E-state index is 12.3. The van der Waals surface area contributed by atoms with Gasteiger partial charge < -0.3 is 5.32 Å². The number of carbonyl (C=O) groups excluding carboxylic acids is 1. The van der Waals surface area contributed by atoms with E-state index in [1.165, 1.54) is 0 Å². The first-order chi connectivity index (χ1) is 15.6. The largest absolute Gasteiger partial charge is 0.355 e. The number of hydrazone groups is 1. The minimum Gasteiger partial charge on any atom is -0.355 e. The van der Waals surface area contributed by atoms with Crippen molar-refractivity contribution >= 4 is 45.5 Å². The summed E-state index contributed by atoms with van der Waals surface area (Å²) in [4.78, 5) is 16.7. The summed E-state index contributed by atoms with van der Waals surface area (Å²) >= 11 is 6.12. The molecule has 3 aromatic carbocycles. The van der Waals surface area contributed by atoms with E-state index in [4.69, 9.17) is 11.6 Å². The average Bonchev–Trinajstić information content (AvgIpc) is 3.26. The molecule has 6 heteroatoms. The van der Waals surface area contributed by atoms with Crippen molar-refractivity contribution in [3.63, 3.8) is 0 Å². The molecule has 4 aromatic rings. The van der Waals surface area contributed by atoms with Crippen LogP contribution in [0.5, 0.6) is 0 Å². The van der Waals surface area contributed by atoms with Crippen LogP contribution in [0.4, 0.5) is 11.4 Å². The zero-order chi connectivity index (χ0) is 22.1. The molecule has 1 N–H and O–H groups in total. The summed E-state index contributed by atoms with van der Waals surface area (Å²) in [6.07, 6.45) is 2.43. The van der Waals surface area contributed by atoms with Crippen molar-refractivity contribution in [1.82, 2.24) is 9.99 Å². The van der Waals surface area contributed by atoms with Crippen molar-refractivity contribution in [1.29, 1.82) is 0 Å². The highest BCUT2D eigenvalue weighted by Gasteiger charge is 2.31. The highest BCUT2D eigenvalue weighted by Crippen LogP contribution is 2.35. The number of benzene rings is 3. The summed E-state index contributed by atoms with van der Waals surface area (Å²) in [6.45, 7) is 1.56. The molecule has 5 rings (SSSR count). The summed E-state index contributed by atoms with van der Waals surface area (Å²) in [5.74, 6) is -0.0729. The van der Waals surface area contributed by atoms with Gasteiger partial charge in [0.15, 0.2) is 0 Å². The van der Waals surface area contributed by atoms with Crippen LogP contribution in [0.2, 0.25) is 5.02 Å². The first-order valence-electron chi connectivity index (χ1n) is 10.4. The van der Waals surface area contributed by atoms with E-state index in [9.17, 15) is 4.79 Å². The molecule has 32 heavy (non-hydrogen) atoms. The number of amides is 1. The smallest absolute Gasteiger partial charge is 0.240 e. The van der Waals surface area contributed by atoms with Gasteiger partial charge in [0, 0.05) is 41.3 Å². The summed E-state index contributed by atoms with van der Waals surface area (Å²) in [7, 11) is 0. The molecule has 0 radical (unpaired) electrons. The van der Waals surface area contributed by atoms with Crippen LogP contribution in [-0.2, 0) is 4.79 Å². The Morgan fingerprint density at radius 3 is 2.69 bits per heavy atom. The quantitative estimate of drug-likeness (QED) is 0.403. The predicted octanol–water partition coefficient (Wildman–Crippen LogP) is 6.33. The molecular formula is C26H21ClN4O. The van der Waals surface area contributed by atoms with Gasteiger partial charge in [-0.2, -0.15) is 5.10 Å². The molecule has 0 saturated heterocycles. The minimum absolute atomic E-state index is 0.0729. The first-order valence-corrected chi connectivity index (χ1v) is 10.8. The maximum Gasteiger partial charge on any atom is 0.240 e. The zero-order valence-corrected chi connectivity index (χ0v) is 18.3. The third-order valence-corrected chi connectivity index (χ3v) is 5.83. The number of rotatable bonds is 4. The second-order valence-electron chi connectivity index (χ2n) is 7.77. The molecular weight excluding hydrogens is 420 g/mol. The van der Waals surface area contributed by atoms with Gasteiger partial charge in [-0.15, -0.1) is 0 Å². The van der Waals surface area contributed by atoms with Crippen molar-refractivity contribution < 1.29 is 4.79 Å². The van der Waals surface area contributed by atoms with E-state index in [0.29, 0.717) is 11.4 Å². The van der Waals surface area contributed by atoms with Crippen molar-refractivity contribution in [2.24, 2.45) is 5.10 Å². The molecule has 0 fully saturated rings. The highest BCUT2D eigenvalue weighted by atomic mass is 35.5. The van der Waals surface area contributed by atoms with Gasteiger partial charge >= 0.3 is 0 Å². The number of nitrogens with zero attached hydrogens (tertiary/aromatic N) is 3. The number of hydrogen-bond donors (Lipinski definition) is 1. The normalized spacial score (nSPS) is 15.6. The highest BCUT2D eigenvalue weighted by molar-refractivity contribution is 6.31. The van der Waals surface area contributed by atoms with Crippen LogP contribution in [0.3, 0.4) is 0 Å². The number of aromatic nitrogens is 1. The number of anilines is 2. The van der Waals surface area contributed by atoms with Gasteiger partial charge in [-0.25, -0.2) is 5.01 Å². The maximum atomic E-state index is 12.3. The van der Waals surface area contributed by atoms with Crippen LogP contribution >= 0.6 is 11.6 Å². The average molecular weight is 441 g/mol. The molecule has 0 aliphatic carbocycles. The van der Waals surface area contributed by atoms with E-state index < -0.39 is 0 Å². The Labute approximate surface area is 191 Å². The second kappa shape index (κ2) is 8.44. The molecule has 0 saturated carbocycles. The van der Waals surface area contributed by atoms with Crippen molar-refractivity contribution in [3.8, 4) is 0 Å². The summed E-state index contributed by atoms with van der Waals surface area (Å²) in [6, 6.07) is 25.6. The molecule has 158 valence electrons. The van der Waals surface area contributed by atoms with Gasteiger partial charge in [0.1, 0.15) is 0 Å². The van der Waals surface area contributed by atoms with E-state index in [2.05, 4.69) is 21.5 Å². The lowest BCUT2D eigenvalue weighted by molar-refractivity contribution is -0.130. The monoisotopic (exact) mass is 440 g/mol. The van der Waals surface area contributed by atoms with Crippen molar-refractivity contribution in [3.05, 3.63) is 101 Å². The van der Waals surface area contributed by atoms with Crippen molar-refractivity contribution in [2.75, 3.05) is 5.32 Å². The lowest BCUT2D eigenvalue weighted by Crippen LogP contribution is -2.24. The van der Waals surface area contributed by atoms with Crippen LogP contribution in [0.25, 0.3) is 10.9 Å². The molecule has 0 bridgehead atoms.